The van der Waals surface area contributed by atoms with Gasteiger partial charge in [0.05, 0.1) is 30.6 Å². The maximum atomic E-state index is 14.8. The first-order valence-corrected chi connectivity index (χ1v) is 14.8. The third kappa shape index (κ3) is 8.26. The standard InChI is InChI=1S/C35H36F4N4O5/c1-32(2,3)48-31(45)43-33(4,5)24-18-27(22-7-10-25(36)11-8-22)42-29(19-24)34(46,35(37,38)39)20-41-30(44)23-9-12-26(28(17-23)47-6)21-13-15-40-16-14-21/h7-19,46H,20H2,1-6H3,(H,41,44)(H,43,45). The Morgan fingerprint density at radius 3 is 2.10 bits per heavy atom. The molecule has 1 unspecified atom stereocenters. The first kappa shape index (κ1) is 35.8. The van der Waals surface area contributed by atoms with Crippen LogP contribution in [0, 0.1) is 5.82 Å². The number of ether oxygens (including phenoxy) is 2. The number of rotatable bonds is 9. The first-order valence-electron chi connectivity index (χ1n) is 14.8. The second kappa shape index (κ2) is 13.6. The van der Waals surface area contributed by atoms with Crippen LogP contribution in [0.2, 0.25) is 0 Å². The zero-order chi connectivity index (χ0) is 35.5. The van der Waals surface area contributed by atoms with Crippen LogP contribution in [0.3, 0.4) is 0 Å². The number of methoxy groups -OCH3 is 1. The van der Waals surface area contributed by atoms with E-state index in [1.165, 1.54) is 51.3 Å². The van der Waals surface area contributed by atoms with E-state index < -0.39 is 53.0 Å². The van der Waals surface area contributed by atoms with Gasteiger partial charge in [0.1, 0.15) is 17.2 Å². The number of aromatic nitrogens is 2. The van der Waals surface area contributed by atoms with E-state index in [4.69, 9.17) is 9.47 Å². The molecule has 2 aromatic heterocycles. The van der Waals surface area contributed by atoms with Crippen molar-refractivity contribution in [1.29, 1.82) is 0 Å². The van der Waals surface area contributed by atoms with Gasteiger partial charge in [0, 0.05) is 29.1 Å². The molecule has 3 N–H and O–H groups in total. The molecule has 4 aromatic rings. The van der Waals surface area contributed by atoms with E-state index in [-0.39, 0.29) is 28.1 Å². The minimum absolute atomic E-state index is 0.0226. The molecule has 0 radical (unpaired) electrons. The van der Waals surface area contributed by atoms with E-state index in [0.717, 1.165) is 23.8 Å². The number of aliphatic hydroxyl groups is 1. The molecule has 4 rings (SSSR count). The average Bonchev–Trinajstić information content (AvgIpc) is 3.02. The molecule has 0 aliphatic carbocycles. The number of nitrogens with one attached hydrogen (secondary N) is 2. The van der Waals surface area contributed by atoms with Gasteiger partial charge in [-0.25, -0.2) is 14.2 Å². The highest BCUT2D eigenvalue weighted by Crippen LogP contribution is 2.40. The monoisotopic (exact) mass is 668 g/mol. The highest BCUT2D eigenvalue weighted by Gasteiger charge is 2.56. The number of hydrogen-bond donors (Lipinski definition) is 3. The summed E-state index contributed by atoms with van der Waals surface area (Å²) in [6, 6.07) is 15.1. The van der Waals surface area contributed by atoms with E-state index >= 15 is 0 Å². The lowest BCUT2D eigenvalue weighted by molar-refractivity contribution is -0.265. The number of pyridine rings is 2. The topological polar surface area (TPSA) is 123 Å². The van der Waals surface area contributed by atoms with Crippen molar-refractivity contribution in [2.75, 3.05) is 13.7 Å². The molecular formula is C35H36F4N4O5. The summed E-state index contributed by atoms with van der Waals surface area (Å²) in [6.45, 7) is 6.70. The van der Waals surface area contributed by atoms with Gasteiger partial charge in [0.2, 0.25) is 5.60 Å². The number of amides is 2. The Bertz CT molecular complexity index is 1770. The van der Waals surface area contributed by atoms with Crippen LogP contribution in [-0.4, -0.2) is 52.5 Å². The van der Waals surface area contributed by atoms with Crippen LogP contribution in [-0.2, 0) is 15.9 Å². The molecule has 2 amide bonds. The normalized spacial score (nSPS) is 13.3. The van der Waals surface area contributed by atoms with Gasteiger partial charge in [-0.3, -0.25) is 9.78 Å². The van der Waals surface area contributed by atoms with Gasteiger partial charge in [-0.05, 0) is 112 Å². The Morgan fingerprint density at radius 1 is 0.875 bits per heavy atom. The highest BCUT2D eigenvalue weighted by atomic mass is 19.4. The van der Waals surface area contributed by atoms with Crippen molar-refractivity contribution in [3.63, 3.8) is 0 Å². The second-order valence-corrected chi connectivity index (χ2v) is 12.6. The molecule has 254 valence electrons. The SMILES string of the molecule is COc1cc(C(=O)NCC(O)(c2cc(C(C)(C)NC(=O)OC(C)(C)C)cc(-c3ccc(F)cc3)n2)C(F)(F)F)ccc1-c1ccncc1. The Hall–Kier alpha value is -5.04. The van der Waals surface area contributed by atoms with E-state index in [2.05, 4.69) is 20.6 Å². The minimum atomic E-state index is -5.34. The maximum Gasteiger partial charge on any atom is 0.424 e. The van der Waals surface area contributed by atoms with Crippen LogP contribution in [0.1, 0.15) is 56.2 Å². The van der Waals surface area contributed by atoms with Crippen LogP contribution < -0.4 is 15.4 Å². The number of halogens is 4. The molecule has 1 atom stereocenters. The van der Waals surface area contributed by atoms with Gasteiger partial charge < -0.3 is 25.2 Å². The van der Waals surface area contributed by atoms with Crippen molar-refractivity contribution in [2.24, 2.45) is 0 Å². The molecular weight excluding hydrogens is 632 g/mol. The lowest BCUT2D eigenvalue weighted by Gasteiger charge is -2.33. The van der Waals surface area contributed by atoms with Gasteiger partial charge >= 0.3 is 12.3 Å². The Morgan fingerprint density at radius 2 is 1.52 bits per heavy atom. The molecule has 0 bridgehead atoms. The molecule has 0 aliphatic rings. The van der Waals surface area contributed by atoms with Crippen LogP contribution in [0.4, 0.5) is 22.4 Å². The molecule has 13 heteroatoms. The fourth-order valence-corrected chi connectivity index (χ4v) is 4.75. The van der Waals surface area contributed by atoms with Gasteiger partial charge in [-0.1, -0.05) is 0 Å². The van der Waals surface area contributed by atoms with E-state index in [9.17, 15) is 32.3 Å². The highest BCUT2D eigenvalue weighted by molar-refractivity contribution is 5.95. The van der Waals surface area contributed by atoms with Crippen LogP contribution in [0.25, 0.3) is 22.4 Å². The zero-order valence-electron chi connectivity index (χ0n) is 27.2. The molecule has 48 heavy (non-hydrogen) atoms. The van der Waals surface area contributed by atoms with Crippen molar-refractivity contribution in [2.45, 2.75) is 57.5 Å². The second-order valence-electron chi connectivity index (χ2n) is 12.6. The summed E-state index contributed by atoms with van der Waals surface area (Å²) in [6.07, 6.45) is -3.02. The van der Waals surface area contributed by atoms with Crippen molar-refractivity contribution in [3.8, 4) is 28.1 Å². The molecule has 0 saturated heterocycles. The predicted molar refractivity (Wildman–Crippen MR) is 171 cm³/mol. The van der Waals surface area contributed by atoms with Crippen LogP contribution >= 0.6 is 0 Å². The molecule has 9 nitrogen and oxygen atoms in total. The van der Waals surface area contributed by atoms with Gasteiger partial charge in [-0.2, -0.15) is 13.2 Å². The van der Waals surface area contributed by atoms with E-state index in [1.54, 1.807) is 51.4 Å². The molecule has 0 fully saturated rings. The largest absolute Gasteiger partial charge is 0.496 e. The number of carbonyl (C=O) groups excluding carboxylic acids is 2. The molecule has 2 aromatic carbocycles. The predicted octanol–water partition coefficient (Wildman–Crippen LogP) is 6.90. The summed E-state index contributed by atoms with van der Waals surface area (Å²) < 4.78 is 68.9. The molecule has 0 aliphatic heterocycles. The van der Waals surface area contributed by atoms with E-state index in [1.807, 2.05) is 0 Å². The molecule has 2 heterocycles. The smallest absolute Gasteiger partial charge is 0.424 e. The van der Waals surface area contributed by atoms with Crippen molar-refractivity contribution < 1.29 is 41.7 Å². The summed E-state index contributed by atoms with van der Waals surface area (Å²) in [5.74, 6) is -1.21. The lowest BCUT2D eigenvalue weighted by atomic mass is 9.88. The number of alkyl carbamates (subject to hydrolysis) is 1. The Balaban J connectivity index is 1.73. The summed E-state index contributed by atoms with van der Waals surface area (Å²) in [4.78, 5) is 33.9. The maximum absolute atomic E-state index is 14.8. The first-order chi connectivity index (χ1) is 22.3. The number of benzene rings is 2. The summed E-state index contributed by atoms with van der Waals surface area (Å²) in [5, 5.41) is 16.2. The Labute approximate surface area is 275 Å². The van der Waals surface area contributed by atoms with Crippen molar-refractivity contribution in [1.82, 2.24) is 20.6 Å². The van der Waals surface area contributed by atoms with Crippen LogP contribution in [0.5, 0.6) is 5.75 Å². The molecule has 0 spiro atoms. The summed E-state index contributed by atoms with van der Waals surface area (Å²) in [7, 11) is 1.39. The van der Waals surface area contributed by atoms with E-state index in [0.29, 0.717) is 5.56 Å². The fraction of sp³-hybridized carbons (Fsp3) is 0.314. The quantitative estimate of drug-likeness (QED) is 0.166. The number of alkyl halides is 3. The van der Waals surface area contributed by atoms with Crippen LogP contribution in [0.15, 0.2) is 79.1 Å². The Kier molecular flexibility index (Phi) is 10.1. The molecule has 0 saturated carbocycles. The van der Waals surface area contributed by atoms with Crippen molar-refractivity contribution in [3.05, 3.63) is 102 Å². The van der Waals surface area contributed by atoms with Gasteiger partial charge in [0.25, 0.3) is 5.91 Å². The fourth-order valence-electron chi connectivity index (χ4n) is 4.75. The summed E-state index contributed by atoms with van der Waals surface area (Å²) >= 11 is 0. The minimum Gasteiger partial charge on any atom is -0.496 e. The number of nitrogens with zero attached hydrogens (tertiary/aromatic N) is 2. The summed E-state index contributed by atoms with van der Waals surface area (Å²) in [5.41, 5.74) is -5.12. The lowest BCUT2D eigenvalue weighted by Crippen LogP contribution is -2.52. The number of carbonyl (C=O) groups is 2. The zero-order valence-corrected chi connectivity index (χ0v) is 27.2. The number of hydrogen-bond acceptors (Lipinski definition) is 7. The van der Waals surface area contributed by atoms with Gasteiger partial charge in [0.15, 0.2) is 0 Å². The van der Waals surface area contributed by atoms with Gasteiger partial charge in [-0.15, -0.1) is 0 Å². The van der Waals surface area contributed by atoms with Crippen molar-refractivity contribution >= 4 is 12.0 Å². The third-order valence-corrected chi connectivity index (χ3v) is 7.35. The average molecular weight is 669 g/mol. The third-order valence-electron chi connectivity index (χ3n) is 7.35.